The molecule has 7 heteroatoms. The summed E-state index contributed by atoms with van der Waals surface area (Å²) in [7, 11) is 0. The molecule has 0 saturated heterocycles. The van der Waals surface area contributed by atoms with Crippen molar-refractivity contribution >= 4 is 17.6 Å². The Morgan fingerprint density at radius 3 is 2.77 bits per heavy atom. The molecule has 0 radical (unpaired) electrons. The van der Waals surface area contributed by atoms with Gasteiger partial charge < -0.3 is 9.15 Å². The lowest BCUT2D eigenvalue weighted by Crippen LogP contribution is -2.17. The van der Waals surface area contributed by atoms with E-state index in [2.05, 4.69) is 10.1 Å². The van der Waals surface area contributed by atoms with Gasteiger partial charge in [-0.3, -0.25) is 0 Å². The number of hydrogen-bond donors (Lipinski definition) is 0. The maximum absolute atomic E-state index is 12.1. The Kier molecular flexibility index (Phi) is 4.20. The van der Waals surface area contributed by atoms with Gasteiger partial charge in [0.2, 0.25) is 0 Å². The van der Waals surface area contributed by atoms with Gasteiger partial charge in [-0.15, -0.1) is 0 Å². The number of benzene rings is 1. The number of halogens is 1. The number of hydrogen-bond acceptors (Lipinski definition) is 5. The molecular formula is C15H12ClN3O3. The van der Waals surface area contributed by atoms with Crippen molar-refractivity contribution in [1.29, 1.82) is 0 Å². The first-order valence-corrected chi connectivity index (χ1v) is 6.91. The quantitative estimate of drug-likeness (QED) is 0.676. The SMILES string of the molecule is O=C(OC(Cn1cncn1)c1ccc(Cl)cc1)c1ccoc1. The number of carbonyl (C=O) groups excluding carboxylic acids is 1. The van der Waals surface area contributed by atoms with Gasteiger partial charge in [-0.1, -0.05) is 23.7 Å². The lowest BCUT2D eigenvalue weighted by Gasteiger charge is -2.18. The second-order valence-electron chi connectivity index (χ2n) is 4.58. The van der Waals surface area contributed by atoms with Gasteiger partial charge in [0.05, 0.1) is 18.4 Å². The van der Waals surface area contributed by atoms with Crippen molar-refractivity contribution in [3.8, 4) is 0 Å². The van der Waals surface area contributed by atoms with Crippen molar-refractivity contribution in [2.24, 2.45) is 0 Å². The van der Waals surface area contributed by atoms with Crippen LogP contribution >= 0.6 is 11.6 Å². The first kappa shape index (κ1) is 14.3. The molecule has 3 rings (SSSR count). The minimum Gasteiger partial charge on any atom is -0.472 e. The van der Waals surface area contributed by atoms with Gasteiger partial charge in [-0.05, 0) is 23.8 Å². The van der Waals surface area contributed by atoms with Crippen LogP contribution in [0.5, 0.6) is 0 Å². The standard InChI is InChI=1S/C15H12ClN3O3/c16-13-3-1-11(2-4-13)14(7-19-10-17-9-18-19)22-15(20)12-5-6-21-8-12/h1-6,8-10,14H,7H2. The van der Waals surface area contributed by atoms with Crippen LogP contribution in [0.25, 0.3) is 0 Å². The highest BCUT2D eigenvalue weighted by atomic mass is 35.5. The topological polar surface area (TPSA) is 70.2 Å². The Labute approximate surface area is 131 Å². The van der Waals surface area contributed by atoms with Gasteiger partial charge >= 0.3 is 5.97 Å². The Hall–Kier alpha value is -2.60. The zero-order chi connectivity index (χ0) is 15.4. The van der Waals surface area contributed by atoms with E-state index in [0.717, 1.165) is 5.56 Å². The Balaban J connectivity index is 1.82. The second-order valence-corrected chi connectivity index (χ2v) is 5.01. The van der Waals surface area contributed by atoms with Crippen LogP contribution in [-0.2, 0) is 11.3 Å². The smallest absolute Gasteiger partial charge is 0.342 e. The molecule has 3 aromatic rings. The molecule has 0 spiro atoms. The van der Waals surface area contributed by atoms with Crippen LogP contribution in [0.2, 0.25) is 5.02 Å². The van der Waals surface area contributed by atoms with E-state index in [9.17, 15) is 4.79 Å². The van der Waals surface area contributed by atoms with Crippen molar-refractivity contribution in [2.45, 2.75) is 12.6 Å². The highest BCUT2D eigenvalue weighted by molar-refractivity contribution is 6.30. The van der Waals surface area contributed by atoms with Gasteiger partial charge in [0.1, 0.15) is 25.0 Å². The van der Waals surface area contributed by atoms with Crippen LogP contribution in [0.15, 0.2) is 59.9 Å². The van der Waals surface area contributed by atoms with E-state index in [1.54, 1.807) is 29.2 Å². The molecule has 0 aliphatic carbocycles. The fraction of sp³-hybridized carbons (Fsp3) is 0.133. The molecule has 1 unspecified atom stereocenters. The molecule has 1 aromatic carbocycles. The Morgan fingerprint density at radius 1 is 1.32 bits per heavy atom. The maximum Gasteiger partial charge on any atom is 0.342 e. The third-order valence-electron chi connectivity index (χ3n) is 3.07. The first-order valence-electron chi connectivity index (χ1n) is 6.53. The lowest BCUT2D eigenvalue weighted by atomic mass is 10.1. The predicted molar refractivity (Wildman–Crippen MR) is 78.3 cm³/mol. The number of furan rings is 1. The van der Waals surface area contributed by atoms with E-state index in [0.29, 0.717) is 17.1 Å². The number of aromatic nitrogens is 3. The average Bonchev–Trinajstić information content (AvgIpc) is 3.21. The van der Waals surface area contributed by atoms with Crippen molar-refractivity contribution in [3.63, 3.8) is 0 Å². The number of carbonyl (C=O) groups is 1. The molecule has 0 bridgehead atoms. The Bertz CT molecular complexity index is 724. The van der Waals surface area contributed by atoms with Crippen molar-refractivity contribution in [1.82, 2.24) is 14.8 Å². The summed E-state index contributed by atoms with van der Waals surface area (Å²) in [6, 6.07) is 8.67. The minimum atomic E-state index is -0.513. The largest absolute Gasteiger partial charge is 0.472 e. The molecule has 6 nitrogen and oxygen atoms in total. The van der Waals surface area contributed by atoms with Crippen molar-refractivity contribution in [3.05, 3.63) is 71.7 Å². The zero-order valence-corrected chi connectivity index (χ0v) is 12.2. The highest BCUT2D eigenvalue weighted by Gasteiger charge is 2.20. The number of nitrogens with zero attached hydrogens (tertiary/aromatic N) is 3. The first-order chi connectivity index (χ1) is 10.7. The third-order valence-corrected chi connectivity index (χ3v) is 3.32. The summed E-state index contributed by atoms with van der Waals surface area (Å²) in [6.07, 6.45) is 5.24. The normalized spacial score (nSPS) is 12.0. The molecule has 0 aliphatic heterocycles. The average molecular weight is 318 g/mol. The van der Waals surface area contributed by atoms with E-state index < -0.39 is 12.1 Å². The van der Waals surface area contributed by atoms with Crippen LogP contribution in [0, 0.1) is 0 Å². The summed E-state index contributed by atoms with van der Waals surface area (Å²) < 4.78 is 12.1. The lowest BCUT2D eigenvalue weighted by molar-refractivity contribution is 0.0246. The summed E-state index contributed by atoms with van der Waals surface area (Å²) in [5.41, 5.74) is 1.18. The molecule has 0 N–H and O–H groups in total. The second kappa shape index (κ2) is 6.44. The molecule has 2 aromatic heterocycles. The molecule has 2 heterocycles. The van der Waals surface area contributed by atoms with Gasteiger partial charge in [0.25, 0.3) is 0 Å². The van der Waals surface area contributed by atoms with E-state index in [-0.39, 0.29) is 0 Å². The predicted octanol–water partition coefficient (Wildman–Crippen LogP) is 3.12. The molecule has 0 aliphatic rings. The van der Waals surface area contributed by atoms with Gasteiger partial charge in [0, 0.05) is 5.02 Å². The van der Waals surface area contributed by atoms with Crippen molar-refractivity contribution < 1.29 is 13.9 Å². The summed E-state index contributed by atoms with van der Waals surface area (Å²) in [6.45, 7) is 0.352. The van der Waals surface area contributed by atoms with Gasteiger partial charge in [-0.25, -0.2) is 14.5 Å². The van der Waals surface area contributed by atoms with Gasteiger partial charge in [-0.2, -0.15) is 5.10 Å². The van der Waals surface area contributed by atoms with Gasteiger partial charge in [0.15, 0.2) is 0 Å². The van der Waals surface area contributed by atoms with Crippen LogP contribution < -0.4 is 0 Å². The van der Waals surface area contributed by atoms with Crippen LogP contribution in [0.1, 0.15) is 22.0 Å². The molecule has 1 atom stereocenters. The molecule has 22 heavy (non-hydrogen) atoms. The van der Waals surface area contributed by atoms with E-state index in [4.69, 9.17) is 20.8 Å². The van der Waals surface area contributed by atoms with Crippen molar-refractivity contribution in [2.75, 3.05) is 0 Å². The Morgan fingerprint density at radius 2 is 2.14 bits per heavy atom. The summed E-state index contributed by atoms with van der Waals surface area (Å²) >= 11 is 5.90. The molecule has 0 amide bonds. The number of esters is 1. The summed E-state index contributed by atoms with van der Waals surface area (Å²) in [5.74, 6) is -0.464. The van der Waals surface area contributed by atoms with Crippen LogP contribution in [0.3, 0.4) is 0 Å². The molecular weight excluding hydrogens is 306 g/mol. The van der Waals surface area contributed by atoms with E-state index in [1.165, 1.54) is 18.9 Å². The third kappa shape index (κ3) is 3.35. The fourth-order valence-electron chi connectivity index (χ4n) is 1.96. The monoisotopic (exact) mass is 317 g/mol. The molecule has 0 fully saturated rings. The van der Waals surface area contributed by atoms with Crippen LogP contribution in [0.4, 0.5) is 0 Å². The van der Waals surface area contributed by atoms with E-state index in [1.807, 2.05) is 12.1 Å². The van der Waals surface area contributed by atoms with E-state index >= 15 is 0 Å². The fourth-order valence-corrected chi connectivity index (χ4v) is 2.09. The zero-order valence-electron chi connectivity index (χ0n) is 11.4. The number of ether oxygens (including phenoxy) is 1. The highest BCUT2D eigenvalue weighted by Crippen LogP contribution is 2.23. The summed E-state index contributed by atoms with van der Waals surface area (Å²) in [5, 5.41) is 4.65. The minimum absolute atomic E-state index is 0.352. The summed E-state index contributed by atoms with van der Waals surface area (Å²) in [4.78, 5) is 16.0. The molecule has 112 valence electrons. The van der Waals surface area contributed by atoms with Crippen LogP contribution in [-0.4, -0.2) is 20.7 Å². The molecule has 0 saturated carbocycles. The number of rotatable bonds is 5. The maximum atomic E-state index is 12.1.